The summed E-state index contributed by atoms with van der Waals surface area (Å²) < 4.78 is 0. The van der Waals surface area contributed by atoms with Crippen LogP contribution < -0.4 is 5.73 Å². The molecule has 0 saturated carbocycles. The normalized spacial score (nSPS) is 10.1. The van der Waals surface area contributed by atoms with E-state index in [-0.39, 0.29) is 0 Å². The van der Waals surface area contributed by atoms with Crippen molar-refractivity contribution in [1.82, 2.24) is 10.2 Å². The number of anilines is 1. The fraction of sp³-hybridized carbons (Fsp3) is 0.0909. The topological polar surface area (TPSA) is 51.8 Å². The summed E-state index contributed by atoms with van der Waals surface area (Å²) in [7, 11) is 0. The third kappa shape index (κ3) is 1.57. The fourth-order valence-electron chi connectivity index (χ4n) is 1.31. The molecule has 1 heterocycles. The zero-order valence-corrected chi connectivity index (χ0v) is 7.94. The molecular formula is C11H11N3. The fourth-order valence-corrected chi connectivity index (χ4v) is 1.31. The molecule has 2 rings (SSSR count). The molecule has 0 fully saturated rings. The summed E-state index contributed by atoms with van der Waals surface area (Å²) in [5, 5.41) is 7.53. The van der Waals surface area contributed by atoms with Crippen molar-refractivity contribution < 1.29 is 0 Å². The van der Waals surface area contributed by atoms with E-state index in [1.165, 1.54) is 5.56 Å². The number of benzene rings is 1. The SMILES string of the molecule is Cc1ccc(-c2cnncc2N)cc1. The van der Waals surface area contributed by atoms with Gasteiger partial charge in [0, 0.05) is 5.56 Å². The molecule has 0 atom stereocenters. The Morgan fingerprint density at radius 1 is 1.00 bits per heavy atom. The van der Waals surface area contributed by atoms with Crippen LogP contribution >= 0.6 is 0 Å². The van der Waals surface area contributed by atoms with E-state index in [4.69, 9.17) is 5.73 Å². The average Bonchev–Trinajstić information content (AvgIpc) is 2.20. The van der Waals surface area contributed by atoms with Gasteiger partial charge in [-0.2, -0.15) is 10.2 Å². The second-order valence-corrected chi connectivity index (χ2v) is 3.22. The Labute approximate surface area is 82.6 Å². The van der Waals surface area contributed by atoms with Crippen LogP contribution in [-0.4, -0.2) is 10.2 Å². The second-order valence-electron chi connectivity index (χ2n) is 3.22. The predicted molar refractivity (Wildman–Crippen MR) is 56.6 cm³/mol. The highest BCUT2D eigenvalue weighted by Crippen LogP contribution is 2.23. The number of nitrogen functional groups attached to an aromatic ring is 1. The summed E-state index contributed by atoms with van der Waals surface area (Å²) in [6.45, 7) is 2.05. The van der Waals surface area contributed by atoms with Gasteiger partial charge in [0.15, 0.2) is 0 Å². The lowest BCUT2D eigenvalue weighted by molar-refractivity contribution is 1.04. The first kappa shape index (κ1) is 8.69. The molecule has 0 spiro atoms. The smallest absolute Gasteiger partial charge is 0.0732 e. The van der Waals surface area contributed by atoms with Gasteiger partial charge in [0.2, 0.25) is 0 Å². The van der Waals surface area contributed by atoms with Crippen LogP contribution in [0.3, 0.4) is 0 Å². The van der Waals surface area contributed by atoms with Crippen LogP contribution in [0.1, 0.15) is 5.56 Å². The minimum absolute atomic E-state index is 0.656. The highest BCUT2D eigenvalue weighted by Gasteiger charge is 2.01. The van der Waals surface area contributed by atoms with Crippen molar-refractivity contribution in [3.05, 3.63) is 42.2 Å². The van der Waals surface area contributed by atoms with Crippen molar-refractivity contribution in [3.8, 4) is 11.1 Å². The van der Waals surface area contributed by atoms with Gasteiger partial charge >= 0.3 is 0 Å². The maximum absolute atomic E-state index is 5.79. The molecule has 0 saturated heterocycles. The Bertz CT molecular complexity index is 435. The third-order valence-electron chi connectivity index (χ3n) is 2.12. The highest BCUT2D eigenvalue weighted by atomic mass is 15.1. The van der Waals surface area contributed by atoms with Crippen molar-refractivity contribution >= 4 is 5.69 Å². The Balaban J connectivity index is 2.50. The lowest BCUT2D eigenvalue weighted by Gasteiger charge is -2.03. The number of rotatable bonds is 1. The molecule has 1 aromatic carbocycles. The van der Waals surface area contributed by atoms with E-state index >= 15 is 0 Å². The van der Waals surface area contributed by atoms with Gasteiger partial charge < -0.3 is 5.73 Å². The molecule has 0 radical (unpaired) electrons. The molecule has 0 aliphatic carbocycles. The summed E-state index contributed by atoms with van der Waals surface area (Å²) >= 11 is 0. The molecule has 70 valence electrons. The van der Waals surface area contributed by atoms with Gasteiger partial charge in [-0.25, -0.2) is 0 Å². The Morgan fingerprint density at radius 2 is 1.64 bits per heavy atom. The van der Waals surface area contributed by atoms with Crippen molar-refractivity contribution in [3.63, 3.8) is 0 Å². The molecule has 0 bridgehead atoms. The predicted octanol–water partition coefficient (Wildman–Crippen LogP) is 2.03. The van der Waals surface area contributed by atoms with Crippen LogP contribution in [0.4, 0.5) is 5.69 Å². The molecule has 0 amide bonds. The second kappa shape index (κ2) is 3.46. The van der Waals surface area contributed by atoms with E-state index in [9.17, 15) is 0 Å². The number of aryl methyl sites for hydroxylation is 1. The molecular weight excluding hydrogens is 174 g/mol. The number of hydrogen-bond acceptors (Lipinski definition) is 3. The molecule has 1 aromatic heterocycles. The van der Waals surface area contributed by atoms with Crippen molar-refractivity contribution in [1.29, 1.82) is 0 Å². The highest BCUT2D eigenvalue weighted by molar-refractivity contribution is 5.74. The van der Waals surface area contributed by atoms with E-state index in [1.54, 1.807) is 12.4 Å². The quantitative estimate of drug-likeness (QED) is 0.739. The van der Waals surface area contributed by atoms with Gasteiger partial charge in [-0.3, -0.25) is 0 Å². The molecule has 0 aliphatic rings. The van der Waals surface area contributed by atoms with Crippen molar-refractivity contribution in [2.24, 2.45) is 0 Å². The van der Waals surface area contributed by atoms with E-state index in [1.807, 2.05) is 12.1 Å². The van der Waals surface area contributed by atoms with Crippen molar-refractivity contribution in [2.75, 3.05) is 5.73 Å². The first-order valence-electron chi connectivity index (χ1n) is 4.40. The van der Waals surface area contributed by atoms with E-state index < -0.39 is 0 Å². The summed E-state index contributed by atoms with van der Waals surface area (Å²) in [6.07, 6.45) is 3.25. The largest absolute Gasteiger partial charge is 0.397 e. The van der Waals surface area contributed by atoms with Crippen LogP contribution in [0.25, 0.3) is 11.1 Å². The molecule has 0 unspecified atom stereocenters. The monoisotopic (exact) mass is 185 g/mol. The maximum atomic E-state index is 5.79. The van der Waals surface area contributed by atoms with Crippen molar-refractivity contribution in [2.45, 2.75) is 6.92 Å². The minimum Gasteiger partial charge on any atom is -0.397 e. The van der Waals surface area contributed by atoms with E-state index in [2.05, 4.69) is 29.3 Å². The van der Waals surface area contributed by atoms with Gasteiger partial charge in [0.1, 0.15) is 0 Å². The average molecular weight is 185 g/mol. The van der Waals surface area contributed by atoms with Gasteiger partial charge in [-0.1, -0.05) is 29.8 Å². The van der Waals surface area contributed by atoms with Gasteiger partial charge in [-0.05, 0) is 12.5 Å². The maximum Gasteiger partial charge on any atom is 0.0732 e. The molecule has 2 N–H and O–H groups in total. The first-order chi connectivity index (χ1) is 6.77. The van der Waals surface area contributed by atoms with E-state index in [0.717, 1.165) is 11.1 Å². The van der Waals surface area contributed by atoms with Crippen LogP contribution in [0.5, 0.6) is 0 Å². The zero-order valence-electron chi connectivity index (χ0n) is 7.94. The Hall–Kier alpha value is -1.90. The molecule has 14 heavy (non-hydrogen) atoms. The molecule has 0 aliphatic heterocycles. The van der Waals surface area contributed by atoms with E-state index in [0.29, 0.717) is 5.69 Å². The molecule has 3 nitrogen and oxygen atoms in total. The summed E-state index contributed by atoms with van der Waals surface area (Å²) in [4.78, 5) is 0. The lowest BCUT2D eigenvalue weighted by Crippen LogP contribution is -1.92. The third-order valence-corrected chi connectivity index (χ3v) is 2.12. The lowest BCUT2D eigenvalue weighted by atomic mass is 10.1. The molecule has 2 aromatic rings. The summed E-state index contributed by atoms with van der Waals surface area (Å²) in [5.74, 6) is 0. The number of nitrogens with zero attached hydrogens (tertiary/aromatic N) is 2. The van der Waals surface area contributed by atoms with Crippen LogP contribution in [-0.2, 0) is 0 Å². The number of aromatic nitrogens is 2. The first-order valence-corrected chi connectivity index (χ1v) is 4.40. The Kier molecular flexibility index (Phi) is 2.14. The summed E-state index contributed by atoms with van der Waals surface area (Å²) in [5.41, 5.74) is 9.68. The van der Waals surface area contributed by atoms with Crippen LogP contribution in [0, 0.1) is 6.92 Å². The minimum atomic E-state index is 0.656. The number of hydrogen-bond donors (Lipinski definition) is 1. The standard InChI is InChI=1S/C11H11N3/c1-8-2-4-9(5-3-8)10-6-13-14-7-11(10)12/h2-7H,1H3,(H2,12,13). The van der Waals surface area contributed by atoms with Crippen LogP contribution in [0.15, 0.2) is 36.7 Å². The number of nitrogens with two attached hydrogens (primary N) is 1. The van der Waals surface area contributed by atoms with Gasteiger partial charge in [0.25, 0.3) is 0 Å². The van der Waals surface area contributed by atoms with Gasteiger partial charge in [-0.15, -0.1) is 0 Å². The molecule has 3 heteroatoms. The zero-order chi connectivity index (χ0) is 9.97. The summed E-state index contributed by atoms with van der Waals surface area (Å²) in [6, 6.07) is 8.16. The van der Waals surface area contributed by atoms with Crippen LogP contribution in [0.2, 0.25) is 0 Å². The van der Waals surface area contributed by atoms with Gasteiger partial charge in [0.05, 0.1) is 18.1 Å². The Morgan fingerprint density at radius 3 is 2.29 bits per heavy atom.